The van der Waals surface area contributed by atoms with Crippen molar-refractivity contribution in [2.45, 2.75) is 12.8 Å². The van der Waals surface area contributed by atoms with E-state index in [4.69, 9.17) is 5.11 Å². The van der Waals surface area contributed by atoms with Crippen LogP contribution in [-0.4, -0.2) is 33.5 Å². The number of imidazole rings is 1. The van der Waals surface area contributed by atoms with Crippen molar-refractivity contribution >= 4 is 11.9 Å². The number of nitrogens with zero attached hydrogens (tertiary/aromatic N) is 1. The summed E-state index contributed by atoms with van der Waals surface area (Å²) in [6, 6.07) is 9.94. The lowest BCUT2D eigenvalue weighted by molar-refractivity contribution is 0.0685. The van der Waals surface area contributed by atoms with Gasteiger partial charge in [0.2, 0.25) is 0 Å². The van der Waals surface area contributed by atoms with Crippen LogP contribution in [0.3, 0.4) is 0 Å². The van der Waals surface area contributed by atoms with Gasteiger partial charge >= 0.3 is 5.97 Å². The number of carbonyl (C=O) groups excluding carboxylic acids is 1. The third-order valence-corrected chi connectivity index (χ3v) is 2.84. The van der Waals surface area contributed by atoms with E-state index in [0.29, 0.717) is 6.54 Å². The molecule has 0 aliphatic carbocycles. The van der Waals surface area contributed by atoms with Crippen LogP contribution < -0.4 is 5.32 Å². The van der Waals surface area contributed by atoms with Gasteiger partial charge in [0.1, 0.15) is 0 Å². The monoisotopic (exact) mass is 273 g/mol. The molecule has 1 amide bonds. The van der Waals surface area contributed by atoms with E-state index in [-0.39, 0.29) is 11.4 Å². The van der Waals surface area contributed by atoms with Gasteiger partial charge in [-0.1, -0.05) is 30.3 Å². The summed E-state index contributed by atoms with van der Waals surface area (Å²) in [5.74, 6) is -1.67. The first-order valence-electron chi connectivity index (χ1n) is 6.27. The summed E-state index contributed by atoms with van der Waals surface area (Å²) in [5.41, 5.74) is 0.926. The number of rotatable bonds is 6. The van der Waals surface area contributed by atoms with Crippen LogP contribution >= 0.6 is 0 Å². The minimum absolute atomic E-state index is 0.0859. The zero-order valence-corrected chi connectivity index (χ0v) is 10.8. The van der Waals surface area contributed by atoms with Gasteiger partial charge in [-0.05, 0) is 18.4 Å². The Labute approximate surface area is 115 Å². The molecule has 0 aliphatic rings. The number of aromatic carboxylic acids is 1. The predicted molar refractivity (Wildman–Crippen MR) is 72.6 cm³/mol. The maximum atomic E-state index is 11.8. The third-order valence-electron chi connectivity index (χ3n) is 2.84. The number of H-pyrrole nitrogens is 1. The lowest BCUT2D eigenvalue weighted by Crippen LogP contribution is -2.26. The zero-order chi connectivity index (χ0) is 14.4. The van der Waals surface area contributed by atoms with E-state index in [1.165, 1.54) is 11.9 Å². The van der Waals surface area contributed by atoms with Gasteiger partial charge in [0.05, 0.1) is 6.33 Å². The average Bonchev–Trinajstić information content (AvgIpc) is 2.94. The number of benzene rings is 1. The van der Waals surface area contributed by atoms with Crippen molar-refractivity contribution in [1.29, 1.82) is 0 Å². The highest BCUT2D eigenvalue weighted by Gasteiger charge is 2.18. The van der Waals surface area contributed by atoms with Gasteiger partial charge in [0, 0.05) is 6.54 Å². The van der Waals surface area contributed by atoms with Crippen LogP contribution in [0.1, 0.15) is 33.0 Å². The SMILES string of the molecule is O=C(NCCCc1ccccc1)c1nc[nH]c1C(=O)O. The fourth-order valence-corrected chi connectivity index (χ4v) is 1.85. The molecule has 0 bridgehead atoms. The van der Waals surface area contributed by atoms with E-state index in [1.54, 1.807) is 0 Å². The molecule has 0 unspecified atom stereocenters. The number of nitrogens with one attached hydrogen (secondary N) is 2. The molecule has 0 spiro atoms. The second-order valence-electron chi connectivity index (χ2n) is 4.28. The summed E-state index contributed by atoms with van der Waals surface area (Å²) in [7, 11) is 0. The number of hydrogen-bond acceptors (Lipinski definition) is 3. The molecule has 1 heterocycles. The normalized spacial score (nSPS) is 10.2. The highest BCUT2D eigenvalue weighted by atomic mass is 16.4. The van der Waals surface area contributed by atoms with E-state index < -0.39 is 11.9 Å². The first-order valence-corrected chi connectivity index (χ1v) is 6.27. The van der Waals surface area contributed by atoms with E-state index in [2.05, 4.69) is 15.3 Å². The first-order chi connectivity index (χ1) is 9.68. The van der Waals surface area contributed by atoms with Crippen molar-refractivity contribution in [3.05, 3.63) is 53.6 Å². The molecule has 20 heavy (non-hydrogen) atoms. The lowest BCUT2D eigenvalue weighted by atomic mass is 10.1. The number of carboxylic acid groups (broad SMARTS) is 1. The van der Waals surface area contributed by atoms with E-state index in [0.717, 1.165) is 12.8 Å². The molecular formula is C14H15N3O3. The van der Waals surface area contributed by atoms with Crippen LogP contribution in [0.25, 0.3) is 0 Å². The number of carboxylic acids is 1. The molecule has 6 heteroatoms. The van der Waals surface area contributed by atoms with Gasteiger partial charge in [-0.15, -0.1) is 0 Å². The topological polar surface area (TPSA) is 95.1 Å². The Morgan fingerprint density at radius 2 is 2.00 bits per heavy atom. The van der Waals surface area contributed by atoms with Crippen molar-refractivity contribution in [2.75, 3.05) is 6.54 Å². The summed E-state index contributed by atoms with van der Waals surface area (Å²) in [5, 5.41) is 11.5. The molecule has 2 aromatic rings. The molecule has 0 atom stereocenters. The van der Waals surface area contributed by atoms with Crippen LogP contribution in [0.15, 0.2) is 36.7 Å². The van der Waals surface area contributed by atoms with Crippen LogP contribution in [-0.2, 0) is 6.42 Å². The Kier molecular flexibility index (Phi) is 4.49. The fourth-order valence-electron chi connectivity index (χ4n) is 1.85. The van der Waals surface area contributed by atoms with Crippen LogP contribution in [0.2, 0.25) is 0 Å². The molecule has 2 rings (SSSR count). The van der Waals surface area contributed by atoms with Crippen LogP contribution in [0, 0.1) is 0 Å². The standard InChI is InChI=1S/C14H15N3O3/c18-13(11-12(14(19)20)17-9-16-11)15-8-4-7-10-5-2-1-3-6-10/h1-3,5-6,9H,4,7-8H2,(H,15,18)(H,16,17)(H,19,20). The minimum atomic E-state index is -1.20. The first kappa shape index (κ1) is 13.8. The molecule has 0 aliphatic heterocycles. The molecule has 0 saturated heterocycles. The second-order valence-corrected chi connectivity index (χ2v) is 4.28. The number of aromatic nitrogens is 2. The lowest BCUT2D eigenvalue weighted by Gasteiger charge is -2.04. The maximum absolute atomic E-state index is 11.8. The Hall–Kier alpha value is -2.63. The Morgan fingerprint density at radius 3 is 2.70 bits per heavy atom. The molecule has 1 aromatic heterocycles. The third kappa shape index (κ3) is 3.44. The van der Waals surface area contributed by atoms with E-state index in [1.807, 2.05) is 30.3 Å². The fraction of sp³-hybridized carbons (Fsp3) is 0.214. The summed E-state index contributed by atoms with van der Waals surface area (Å²) < 4.78 is 0. The molecule has 0 radical (unpaired) electrons. The molecular weight excluding hydrogens is 258 g/mol. The second kappa shape index (κ2) is 6.51. The summed E-state index contributed by atoms with van der Waals surface area (Å²) in [6.07, 6.45) is 2.83. The largest absolute Gasteiger partial charge is 0.477 e. The van der Waals surface area contributed by atoms with Gasteiger partial charge in [-0.25, -0.2) is 9.78 Å². The quantitative estimate of drug-likeness (QED) is 0.694. The Balaban J connectivity index is 1.81. The van der Waals surface area contributed by atoms with Crippen LogP contribution in [0.5, 0.6) is 0 Å². The molecule has 0 fully saturated rings. The van der Waals surface area contributed by atoms with E-state index in [9.17, 15) is 9.59 Å². The molecule has 104 valence electrons. The number of aromatic amines is 1. The summed E-state index contributed by atoms with van der Waals surface area (Å²) >= 11 is 0. The molecule has 1 aromatic carbocycles. The van der Waals surface area contributed by atoms with Crippen molar-refractivity contribution < 1.29 is 14.7 Å². The van der Waals surface area contributed by atoms with Gasteiger partial charge in [0.25, 0.3) is 5.91 Å². The summed E-state index contributed by atoms with van der Waals surface area (Å²) in [4.78, 5) is 28.8. The predicted octanol–water partition coefficient (Wildman–Crippen LogP) is 1.47. The van der Waals surface area contributed by atoms with Gasteiger partial charge in [-0.2, -0.15) is 0 Å². The minimum Gasteiger partial charge on any atom is -0.477 e. The van der Waals surface area contributed by atoms with Crippen molar-refractivity contribution in [2.24, 2.45) is 0 Å². The highest BCUT2D eigenvalue weighted by molar-refractivity contribution is 6.02. The Morgan fingerprint density at radius 1 is 1.25 bits per heavy atom. The zero-order valence-electron chi connectivity index (χ0n) is 10.8. The van der Waals surface area contributed by atoms with E-state index >= 15 is 0 Å². The van der Waals surface area contributed by atoms with Gasteiger partial charge < -0.3 is 15.4 Å². The van der Waals surface area contributed by atoms with Crippen molar-refractivity contribution in [1.82, 2.24) is 15.3 Å². The average molecular weight is 273 g/mol. The molecule has 3 N–H and O–H groups in total. The Bertz CT molecular complexity index is 593. The van der Waals surface area contributed by atoms with Gasteiger partial charge in [-0.3, -0.25) is 4.79 Å². The number of amides is 1. The number of hydrogen-bond donors (Lipinski definition) is 3. The smallest absolute Gasteiger partial charge is 0.354 e. The van der Waals surface area contributed by atoms with Crippen molar-refractivity contribution in [3.8, 4) is 0 Å². The van der Waals surface area contributed by atoms with Gasteiger partial charge in [0.15, 0.2) is 11.4 Å². The maximum Gasteiger partial charge on any atom is 0.354 e. The highest BCUT2D eigenvalue weighted by Crippen LogP contribution is 2.04. The molecule has 0 saturated carbocycles. The number of aryl methyl sites for hydroxylation is 1. The number of carbonyl (C=O) groups is 2. The van der Waals surface area contributed by atoms with Crippen molar-refractivity contribution in [3.63, 3.8) is 0 Å². The van der Waals surface area contributed by atoms with Crippen LogP contribution in [0.4, 0.5) is 0 Å². The summed E-state index contributed by atoms with van der Waals surface area (Å²) in [6.45, 7) is 0.472. The molecule has 6 nitrogen and oxygen atoms in total.